The van der Waals surface area contributed by atoms with Crippen molar-refractivity contribution in [1.29, 1.82) is 5.26 Å². The van der Waals surface area contributed by atoms with E-state index in [4.69, 9.17) is 0 Å². The fraction of sp³-hybridized carbons (Fsp3) is 0.900. The molecule has 3 nitrogen and oxygen atoms in total. The zero-order valence-corrected chi connectivity index (χ0v) is 14.8. The first-order chi connectivity index (χ1) is 10.9. The number of amides is 1. The Kier molecular flexibility index (Phi) is 3.35. The van der Waals surface area contributed by atoms with Gasteiger partial charge in [0.05, 0.1) is 12.0 Å². The Balaban J connectivity index is 1.65. The second-order valence-electron chi connectivity index (χ2n) is 9.28. The van der Waals surface area contributed by atoms with Gasteiger partial charge in [-0.2, -0.15) is 5.26 Å². The summed E-state index contributed by atoms with van der Waals surface area (Å²) < 4.78 is 0. The molecule has 1 heterocycles. The fourth-order valence-corrected chi connectivity index (χ4v) is 7.36. The van der Waals surface area contributed by atoms with E-state index in [1.54, 1.807) is 0 Å². The van der Waals surface area contributed by atoms with Crippen LogP contribution in [0.2, 0.25) is 0 Å². The normalized spacial score (nSPS) is 52.3. The summed E-state index contributed by atoms with van der Waals surface area (Å²) in [7, 11) is 2.03. The van der Waals surface area contributed by atoms with Crippen molar-refractivity contribution < 1.29 is 4.79 Å². The Morgan fingerprint density at radius 3 is 2.52 bits per heavy atom. The number of fused-ring (bicyclic) bond motifs is 5. The molecule has 0 N–H and O–H groups in total. The molecule has 3 saturated carbocycles. The van der Waals surface area contributed by atoms with Crippen LogP contribution in [0.4, 0.5) is 0 Å². The van der Waals surface area contributed by atoms with Crippen molar-refractivity contribution in [1.82, 2.24) is 4.90 Å². The van der Waals surface area contributed by atoms with Gasteiger partial charge in [0.15, 0.2) is 0 Å². The third-order valence-corrected chi connectivity index (χ3v) is 8.71. The maximum Gasteiger partial charge on any atom is 0.222 e. The second kappa shape index (κ2) is 4.98. The lowest BCUT2D eigenvalue weighted by Gasteiger charge is -2.61. The summed E-state index contributed by atoms with van der Waals surface area (Å²) in [5, 5.41) is 9.57. The van der Waals surface area contributed by atoms with Crippen LogP contribution in [0.3, 0.4) is 0 Å². The quantitative estimate of drug-likeness (QED) is 0.678. The molecule has 4 aliphatic rings. The van der Waals surface area contributed by atoms with E-state index in [2.05, 4.69) is 24.8 Å². The van der Waals surface area contributed by atoms with Crippen LogP contribution in [-0.4, -0.2) is 23.9 Å². The predicted octanol–water partition coefficient (Wildman–Crippen LogP) is 3.99. The number of carbonyl (C=O) groups is 1. The molecule has 1 unspecified atom stereocenters. The first kappa shape index (κ1) is 15.5. The number of likely N-dealkylation sites (tertiary alicyclic amines) is 1. The molecule has 1 amide bonds. The number of hydrogen-bond donors (Lipinski definition) is 0. The van der Waals surface area contributed by atoms with Crippen LogP contribution < -0.4 is 0 Å². The molecule has 0 aromatic carbocycles. The number of hydrogen-bond acceptors (Lipinski definition) is 2. The highest BCUT2D eigenvalue weighted by Crippen LogP contribution is 2.65. The van der Waals surface area contributed by atoms with E-state index >= 15 is 0 Å². The Morgan fingerprint density at radius 2 is 1.78 bits per heavy atom. The molecule has 1 aliphatic heterocycles. The van der Waals surface area contributed by atoms with Crippen molar-refractivity contribution in [2.45, 2.75) is 71.3 Å². The lowest BCUT2D eigenvalue weighted by atomic mass is 9.47. The van der Waals surface area contributed by atoms with E-state index < -0.39 is 0 Å². The van der Waals surface area contributed by atoms with Gasteiger partial charge in [0.2, 0.25) is 5.91 Å². The summed E-state index contributed by atoms with van der Waals surface area (Å²) in [6.45, 7) is 4.87. The Hall–Kier alpha value is -1.04. The van der Waals surface area contributed by atoms with Gasteiger partial charge in [-0.05, 0) is 73.5 Å². The summed E-state index contributed by atoms with van der Waals surface area (Å²) in [6, 6.07) is 3.07. The van der Waals surface area contributed by atoms with Gasteiger partial charge < -0.3 is 4.90 Å². The number of rotatable bonds is 0. The van der Waals surface area contributed by atoms with Crippen molar-refractivity contribution in [3.8, 4) is 6.07 Å². The van der Waals surface area contributed by atoms with Crippen molar-refractivity contribution in [3.05, 3.63) is 0 Å². The molecule has 0 bridgehead atoms. The Bertz CT molecular complexity index is 566. The summed E-state index contributed by atoms with van der Waals surface area (Å²) in [5.74, 6) is 2.90. The minimum atomic E-state index is 0.259. The molecule has 23 heavy (non-hydrogen) atoms. The van der Waals surface area contributed by atoms with Crippen LogP contribution in [-0.2, 0) is 4.79 Å². The molecule has 126 valence electrons. The zero-order chi connectivity index (χ0) is 16.4. The summed E-state index contributed by atoms with van der Waals surface area (Å²) in [4.78, 5) is 14.2. The number of nitriles is 1. The summed E-state index contributed by atoms with van der Waals surface area (Å²) in [6.07, 6.45) is 9.10. The average molecular weight is 314 g/mol. The van der Waals surface area contributed by atoms with Crippen LogP contribution in [0.25, 0.3) is 0 Å². The minimum Gasteiger partial charge on any atom is -0.342 e. The Morgan fingerprint density at radius 1 is 1.04 bits per heavy atom. The molecule has 7 atom stereocenters. The van der Waals surface area contributed by atoms with Gasteiger partial charge in [-0.3, -0.25) is 4.79 Å². The molecular formula is C20H30N2O. The van der Waals surface area contributed by atoms with E-state index in [1.165, 1.54) is 32.1 Å². The van der Waals surface area contributed by atoms with Gasteiger partial charge in [0.1, 0.15) is 0 Å². The van der Waals surface area contributed by atoms with Gasteiger partial charge in [-0.25, -0.2) is 0 Å². The third kappa shape index (κ3) is 1.90. The van der Waals surface area contributed by atoms with Crippen molar-refractivity contribution >= 4 is 5.91 Å². The topological polar surface area (TPSA) is 44.1 Å². The molecule has 0 spiro atoms. The maximum atomic E-state index is 12.2. The highest BCUT2D eigenvalue weighted by atomic mass is 16.2. The molecule has 4 fully saturated rings. The van der Waals surface area contributed by atoms with Crippen LogP contribution >= 0.6 is 0 Å². The SMILES string of the molecule is CN1C(=O)CC[C@@]2(C)C1CC[C@H]1[C@@H]3CC[C@H](C#N)[C@@]3(C)CC[C@@H]12. The number of piperidine rings is 1. The van der Waals surface area contributed by atoms with Crippen molar-refractivity contribution in [2.24, 2.45) is 34.5 Å². The van der Waals surface area contributed by atoms with Crippen LogP contribution in [0, 0.1) is 45.8 Å². The van der Waals surface area contributed by atoms with Crippen LogP contribution in [0.15, 0.2) is 0 Å². The monoisotopic (exact) mass is 314 g/mol. The summed E-state index contributed by atoms with van der Waals surface area (Å²) >= 11 is 0. The molecular weight excluding hydrogens is 284 g/mol. The van der Waals surface area contributed by atoms with E-state index in [-0.39, 0.29) is 11.3 Å². The zero-order valence-electron chi connectivity index (χ0n) is 14.8. The standard InChI is InChI=1S/C20H30N2O/c1-19-10-8-16-14(15(19)6-4-13(19)12-21)5-7-17-20(16,2)11-9-18(23)22(17)3/h13-17H,4-11H2,1-3H3/t13-,14+,15+,16+,17?,19-,20-/m1/s1. The van der Waals surface area contributed by atoms with Crippen LogP contribution in [0.5, 0.6) is 0 Å². The maximum absolute atomic E-state index is 12.2. The van der Waals surface area contributed by atoms with Gasteiger partial charge >= 0.3 is 0 Å². The minimum absolute atomic E-state index is 0.259. The lowest BCUT2D eigenvalue weighted by Crippen LogP contribution is -2.61. The van der Waals surface area contributed by atoms with E-state index in [0.717, 1.165) is 37.0 Å². The van der Waals surface area contributed by atoms with Gasteiger partial charge in [0, 0.05) is 19.5 Å². The molecule has 4 rings (SSSR count). The first-order valence-electron chi connectivity index (χ1n) is 9.57. The fourth-order valence-electron chi connectivity index (χ4n) is 7.36. The molecule has 1 saturated heterocycles. The molecule has 3 aliphatic carbocycles. The van der Waals surface area contributed by atoms with Gasteiger partial charge in [-0.1, -0.05) is 13.8 Å². The van der Waals surface area contributed by atoms with Crippen molar-refractivity contribution in [3.63, 3.8) is 0 Å². The lowest BCUT2D eigenvalue weighted by molar-refractivity contribution is -0.157. The van der Waals surface area contributed by atoms with E-state index in [1.807, 2.05) is 7.05 Å². The largest absolute Gasteiger partial charge is 0.342 e. The Labute approximate surface area is 140 Å². The number of nitrogens with zero attached hydrogens (tertiary/aromatic N) is 2. The van der Waals surface area contributed by atoms with Gasteiger partial charge in [-0.15, -0.1) is 0 Å². The second-order valence-corrected chi connectivity index (χ2v) is 9.28. The predicted molar refractivity (Wildman–Crippen MR) is 89.3 cm³/mol. The van der Waals surface area contributed by atoms with E-state index in [0.29, 0.717) is 17.4 Å². The molecule has 0 radical (unpaired) electrons. The van der Waals surface area contributed by atoms with Crippen LogP contribution in [0.1, 0.15) is 65.2 Å². The van der Waals surface area contributed by atoms with E-state index in [9.17, 15) is 10.1 Å². The van der Waals surface area contributed by atoms with Crippen molar-refractivity contribution in [2.75, 3.05) is 7.05 Å². The molecule has 0 aromatic heterocycles. The smallest absolute Gasteiger partial charge is 0.222 e. The average Bonchev–Trinajstić information content (AvgIpc) is 2.88. The number of carbonyl (C=O) groups excluding carboxylic acids is 1. The summed E-state index contributed by atoms with van der Waals surface area (Å²) in [5.41, 5.74) is 0.563. The third-order valence-electron chi connectivity index (χ3n) is 8.71. The first-order valence-corrected chi connectivity index (χ1v) is 9.57. The highest BCUT2D eigenvalue weighted by molar-refractivity contribution is 5.77. The highest BCUT2D eigenvalue weighted by Gasteiger charge is 2.61. The molecule has 3 heteroatoms. The molecule has 0 aromatic rings. The van der Waals surface area contributed by atoms with Gasteiger partial charge in [0.25, 0.3) is 0 Å².